The number of aromatic amines is 1. The Bertz CT molecular complexity index is 1130. The Labute approximate surface area is 147 Å². The van der Waals surface area contributed by atoms with Crippen LogP contribution in [0.1, 0.15) is 16.1 Å². The molecule has 0 aliphatic rings. The smallest absolute Gasteiger partial charge is 0.272 e. The summed E-state index contributed by atoms with van der Waals surface area (Å²) in [7, 11) is 0. The van der Waals surface area contributed by atoms with Gasteiger partial charge in [0.25, 0.3) is 11.5 Å². The molecule has 4 rings (SSSR count). The molecule has 3 heterocycles. The van der Waals surface area contributed by atoms with Crippen molar-refractivity contribution in [1.29, 1.82) is 0 Å². The Hall–Kier alpha value is -3.81. The molecule has 0 bridgehead atoms. The molecule has 0 aliphatic heterocycles. The predicted octanol–water partition coefficient (Wildman–Crippen LogP) is 1.43. The van der Waals surface area contributed by atoms with Crippen molar-refractivity contribution in [3.8, 4) is 5.82 Å². The molecule has 0 saturated heterocycles. The zero-order valence-electron chi connectivity index (χ0n) is 13.6. The van der Waals surface area contributed by atoms with Crippen LogP contribution >= 0.6 is 0 Å². The summed E-state index contributed by atoms with van der Waals surface area (Å²) in [6.07, 6.45) is 5.12. The van der Waals surface area contributed by atoms with Crippen LogP contribution in [-0.4, -0.2) is 30.9 Å². The van der Waals surface area contributed by atoms with Gasteiger partial charge in [0, 0.05) is 30.5 Å². The van der Waals surface area contributed by atoms with Crippen molar-refractivity contribution in [2.75, 3.05) is 0 Å². The zero-order chi connectivity index (χ0) is 17.9. The molecule has 0 aliphatic carbocycles. The number of fused-ring (bicyclic) bond motifs is 1. The lowest BCUT2D eigenvalue weighted by molar-refractivity contribution is 0.0946. The maximum atomic E-state index is 12.5. The minimum atomic E-state index is -0.366. The van der Waals surface area contributed by atoms with Crippen molar-refractivity contribution < 1.29 is 4.79 Å². The van der Waals surface area contributed by atoms with Gasteiger partial charge in [0.1, 0.15) is 0 Å². The van der Waals surface area contributed by atoms with Crippen LogP contribution in [-0.2, 0) is 6.54 Å². The molecule has 0 atom stereocenters. The van der Waals surface area contributed by atoms with Gasteiger partial charge in [0.2, 0.25) is 0 Å². The van der Waals surface area contributed by atoms with Crippen molar-refractivity contribution in [3.63, 3.8) is 0 Å². The van der Waals surface area contributed by atoms with E-state index in [9.17, 15) is 9.59 Å². The molecule has 1 amide bonds. The van der Waals surface area contributed by atoms with Gasteiger partial charge in [-0.1, -0.05) is 18.2 Å². The first-order chi connectivity index (χ1) is 12.7. The number of aromatic nitrogens is 5. The quantitative estimate of drug-likeness (QED) is 0.581. The number of carbonyl (C=O) groups is 1. The summed E-state index contributed by atoms with van der Waals surface area (Å²) < 4.78 is 1.64. The number of benzene rings is 1. The van der Waals surface area contributed by atoms with E-state index in [1.54, 1.807) is 47.5 Å². The summed E-state index contributed by atoms with van der Waals surface area (Å²) in [6.45, 7) is 0.296. The maximum Gasteiger partial charge on any atom is 0.272 e. The van der Waals surface area contributed by atoms with E-state index in [4.69, 9.17) is 0 Å². The number of hydrogen-bond donors (Lipinski definition) is 2. The number of rotatable bonds is 4. The van der Waals surface area contributed by atoms with E-state index in [-0.39, 0.29) is 17.2 Å². The molecule has 1 aromatic carbocycles. The molecule has 0 fully saturated rings. The number of carbonyl (C=O) groups excluding carboxylic acids is 1. The van der Waals surface area contributed by atoms with E-state index in [0.717, 1.165) is 5.56 Å². The lowest BCUT2D eigenvalue weighted by Gasteiger charge is -2.08. The lowest BCUT2D eigenvalue weighted by Crippen LogP contribution is -2.26. The van der Waals surface area contributed by atoms with Gasteiger partial charge in [-0.25, -0.2) is 14.8 Å². The fraction of sp³-hybridized carbons (Fsp3) is 0.0556. The van der Waals surface area contributed by atoms with Gasteiger partial charge in [-0.3, -0.25) is 9.59 Å². The number of nitrogens with one attached hydrogen (secondary N) is 2. The Morgan fingerprint density at radius 2 is 1.96 bits per heavy atom. The predicted molar refractivity (Wildman–Crippen MR) is 94.9 cm³/mol. The zero-order valence-corrected chi connectivity index (χ0v) is 13.6. The van der Waals surface area contributed by atoms with Crippen molar-refractivity contribution in [2.45, 2.75) is 6.54 Å². The van der Waals surface area contributed by atoms with Crippen LogP contribution in [0.15, 0.2) is 65.8 Å². The van der Waals surface area contributed by atoms with Crippen molar-refractivity contribution in [2.24, 2.45) is 0 Å². The number of pyridine rings is 1. The van der Waals surface area contributed by atoms with Crippen molar-refractivity contribution in [1.82, 2.24) is 30.3 Å². The average Bonchev–Trinajstić information content (AvgIpc) is 3.22. The standard InChI is InChI=1S/C18H14N6O2/c25-17-14-5-2-1-4-13(14)16(22-23-17)18(26)20-11-12-6-8-19-15(10-12)24-9-3-7-21-24/h1-10H,11H2,(H,20,26)(H,23,25). The molecule has 128 valence electrons. The second kappa shape index (κ2) is 6.60. The third-order valence-electron chi connectivity index (χ3n) is 3.91. The minimum Gasteiger partial charge on any atom is -0.347 e. The Kier molecular flexibility index (Phi) is 3.98. The third-order valence-corrected chi connectivity index (χ3v) is 3.91. The molecule has 8 nitrogen and oxygen atoms in total. The lowest BCUT2D eigenvalue weighted by atomic mass is 10.1. The summed E-state index contributed by atoms with van der Waals surface area (Å²) in [4.78, 5) is 28.6. The summed E-state index contributed by atoms with van der Waals surface area (Å²) in [6, 6.07) is 12.3. The van der Waals surface area contributed by atoms with Crippen molar-refractivity contribution in [3.05, 3.63) is 82.7 Å². The van der Waals surface area contributed by atoms with E-state index in [1.165, 1.54) is 0 Å². The second-order valence-electron chi connectivity index (χ2n) is 5.60. The molecule has 0 saturated carbocycles. The molecule has 0 spiro atoms. The Morgan fingerprint density at radius 1 is 1.12 bits per heavy atom. The molecular formula is C18H14N6O2. The van der Waals surface area contributed by atoms with Gasteiger partial charge >= 0.3 is 0 Å². The molecule has 8 heteroatoms. The Balaban J connectivity index is 1.56. The van der Waals surface area contributed by atoms with Gasteiger partial charge in [-0.2, -0.15) is 10.2 Å². The van der Waals surface area contributed by atoms with Gasteiger partial charge in [-0.05, 0) is 29.8 Å². The number of H-pyrrole nitrogens is 1. The summed E-state index contributed by atoms with van der Waals surface area (Å²) in [5, 5.41) is 14.2. The molecule has 26 heavy (non-hydrogen) atoms. The van der Waals surface area contributed by atoms with Crippen LogP contribution in [0.5, 0.6) is 0 Å². The fourth-order valence-corrected chi connectivity index (χ4v) is 2.65. The maximum absolute atomic E-state index is 12.5. The second-order valence-corrected chi connectivity index (χ2v) is 5.60. The average molecular weight is 346 g/mol. The highest BCUT2D eigenvalue weighted by atomic mass is 16.2. The van der Waals surface area contributed by atoms with Crippen LogP contribution in [0.2, 0.25) is 0 Å². The molecule has 4 aromatic rings. The first-order valence-corrected chi connectivity index (χ1v) is 7.93. The molecule has 0 unspecified atom stereocenters. The normalized spacial score (nSPS) is 10.8. The number of hydrogen-bond acceptors (Lipinski definition) is 5. The van der Waals surface area contributed by atoms with Crippen molar-refractivity contribution >= 4 is 16.7 Å². The van der Waals surface area contributed by atoms with Crippen LogP contribution in [0.4, 0.5) is 0 Å². The molecule has 0 radical (unpaired) electrons. The Morgan fingerprint density at radius 3 is 2.77 bits per heavy atom. The third kappa shape index (κ3) is 2.95. The topological polar surface area (TPSA) is 106 Å². The highest BCUT2D eigenvalue weighted by Gasteiger charge is 2.13. The van der Waals surface area contributed by atoms with E-state index < -0.39 is 0 Å². The first kappa shape index (κ1) is 15.7. The first-order valence-electron chi connectivity index (χ1n) is 7.93. The fourth-order valence-electron chi connectivity index (χ4n) is 2.65. The van der Waals surface area contributed by atoms with Gasteiger partial charge in [0.15, 0.2) is 11.5 Å². The summed E-state index contributed by atoms with van der Waals surface area (Å²) >= 11 is 0. The van der Waals surface area contributed by atoms with Gasteiger partial charge < -0.3 is 5.32 Å². The monoisotopic (exact) mass is 346 g/mol. The SMILES string of the molecule is O=C(NCc1ccnc(-n2cccn2)c1)c1n[nH]c(=O)c2ccccc12. The van der Waals surface area contributed by atoms with E-state index >= 15 is 0 Å². The van der Waals surface area contributed by atoms with E-state index in [0.29, 0.717) is 23.1 Å². The van der Waals surface area contributed by atoms with Crippen LogP contribution in [0.25, 0.3) is 16.6 Å². The largest absolute Gasteiger partial charge is 0.347 e. The number of amides is 1. The van der Waals surface area contributed by atoms with Crippen LogP contribution in [0.3, 0.4) is 0 Å². The van der Waals surface area contributed by atoms with Gasteiger partial charge in [-0.15, -0.1) is 0 Å². The summed E-state index contributed by atoms with van der Waals surface area (Å²) in [5.41, 5.74) is 0.726. The minimum absolute atomic E-state index is 0.182. The molecule has 2 N–H and O–H groups in total. The van der Waals surface area contributed by atoms with Crippen LogP contribution < -0.4 is 10.9 Å². The van der Waals surface area contributed by atoms with E-state index in [2.05, 4.69) is 25.6 Å². The molecule has 3 aromatic heterocycles. The van der Waals surface area contributed by atoms with Gasteiger partial charge in [0.05, 0.1) is 5.39 Å². The highest BCUT2D eigenvalue weighted by Crippen LogP contribution is 2.12. The highest BCUT2D eigenvalue weighted by molar-refractivity contribution is 6.04. The molecular weight excluding hydrogens is 332 g/mol. The number of nitrogens with zero attached hydrogens (tertiary/aromatic N) is 4. The van der Waals surface area contributed by atoms with E-state index in [1.807, 2.05) is 18.2 Å². The van der Waals surface area contributed by atoms with Crippen LogP contribution in [0, 0.1) is 0 Å². The summed E-state index contributed by atoms with van der Waals surface area (Å²) in [5.74, 6) is 0.296.